The average molecular weight is 363 g/mol. The summed E-state index contributed by atoms with van der Waals surface area (Å²) in [4.78, 5) is 11.9. The second-order valence-corrected chi connectivity index (χ2v) is 4.90. The molecular weight excluding hydrogens is 352 g/mol. The van der Waals surface area contributed by atoms with Crippen molar-refractivity contribution in [1.29, 1.82) is 0 Å². The van der Waals surface area contributed by atoms with Crippen LogP contribution < -0.4 is 10.1 Å². The molecule has 0 aliphatic rings. The van der Waals surface area contributed by atoms with Crippen LogP contribution in [0.4, 0.5) is 26.3 Å². The number of halogens is 6. The molecule has 3 nitrogen and oxygen atoms in total. The summed E-state index contributed by atoms with van der Waals surface area (Å²) in [6.07, 6.45) is -4.92. The maximum atomic E-state index is 13.2. The minimum Gasteiger partial charge on any atom is -0.435 e. The van der Waals surface area contributed by atoms with E-state index in [2.05, 4.69) is 10.1 Å². The van der Waals surface area contributed by atoms with Crippen LogP contribution in [-0.4, -0.2) is 12.5 Å². The average Bonchev–Trinajstić information content (AvgIpc) is 2.52. The largest absolute Gasteiger partial charge is 0.435 e. The van der Waals surface area contributed by atoms with Gasteiger partial charge in [-0.05, 0) is 35.9 Å². The molecule has 0 bridgehead atoms. The summed E-state index contributed by atoms with van der Waals surface area (Å²) in [7, 11) is 0. The fraction of sp³-hybridized carbons (Fsp3) is 0.188. The van der Waals surface area contributed by atoms with Crippen LogP contribution in [0.1, 0.15) is 21.5 Å². The minimum absolute atomic E-state index is 0.0630. The first-order valence-corrected chi connectivity index (χ1v) is 6.85. The van der Waals surface area contributed by atoms with E-state index in [9.17, 15) is 31.1 Å². The van der Waals surface area contributed by atoms with E-state index < -0.39 is 30.1 Å². The van der Waals surface area contributed by atoms with Gasteiger partial charge in [-0.3, -0.25) is 4.79 Å². The van der Waals surface area contributed by atoms with Crippen LogP contribution >= 0.6 is 0 Å². The van der Waals surface area contributed by atoms with Crippen molar-refractivity contribution in [3.8, 4) is 5.75 Å². The molecule has 0 unspecified atom stereocenters. The van der Waals surface area contributed by atoms with Crippen LogP contribution in [0.3, 0.4) is 0 Å². The van der Waals surface area contributed by atoms with Crippen molar-refractivity contribution >= 4 is 5.91 Å². The predicted molar refractivity (Wildman–Crippen MR) is 75.6 cm³/mol. The Morgan fingerprint density at radius 2 is 1.72 bits per heavy atom. The van der Waals surface area contributed by atoms with E-state index in [1.54, 1.807) is 0 Å². The lowest BCUT2D eigenvalue weighted by atomic mass is 10.1. The number of benzene rings is 2. The normalized spacial score (nSPS) is 11.5. The third kappa shape index (κ3) is 5.13. The summed E-state index contributed by atoms with van der Waals surface area (Å²) in [6.45, 7) is -3.03. The van der Waals surface area contributed by atoms with Gasteiger partial charge in [0, 0.05) is 12.1 Å². The van der Waals surface area contributed by atoms with Crippen LogP contribution in [0.25, 0.3) is 0 Å². The van der Waals surface area contributed by atoms with Gasteiger partial charge >= 0.3 is 12.8 Å². The highest BCUT2D eigenvalue weighted by Crippen LogP contribution is 2.31. The maximum absolute atomic E-state index is 13.2. The van der Waals surface area contributed by atoms with Crippen LogP contribution in [0, 0.1) is 5.82 Å². The molecule has 25 heavy (non-hydrogen) atoms. The van der Waals surface area contributed by atoms with Gasteiger partial charge in [0.15, 0.2) is 0 Å². The zero-order valence-electron chi connectivity index (χ0n) is 12.4. The molecule has 0 saturated carbocycles. The molecule has 0 spiro atoms. The van der Waals surface area contributed by atoms with Gasteiger partial charge in [-0.25, -0.2) is 4.39 Å². The van der Waals surface area contributed by atoms with Crippen molar-refractivity contribution in [2.45, 2.75) is 19.3 Å². The summed E-state index contributed by atoms with van der Waals surface area (Å²) in [5, 5.41) is 2.36. The van der Waals surface area contributed by atoms with Gasteiger partial charge < -0.3 is 10.1 Å². The summed E-state index contributed by atoms with van der Waals surface area (Å²) < 4.78 is 79.3. The monoisotopic (exact) mass is 363 g/mol. The number of rotatable bonds is 5. The molecule has 0 atom stereocenters. The van der Waals surface area contributed by atoms with Gasteiger partial charge in [-0.15, -0.1) is 0 Å². The van der Waals surface area contributed by atoms with Crippen molar-refractivity contribution in [3.05, 3.63) is 65.0 Å². The van der Waals surface area contributed by atoms with E-state index in [0.717, 1.165) is 6.07 Å². The highest BCUT2D eigenvalue weighted by Gasteiger charge is 2.34. The van der Waals surface area contributed by atoms with E-state index in [1.807, 2.05) is 0 Å². The SMILES string of the molecule is O=C(NCc1ccc(OC(F)F)cc1)c1ccc(F)c(C(F)(F)F)c1. The molecule has 0 aliphatic carbocycles. The van der Waals surface area contributed by atoms with E-state index in [-0.39, 0.29) is 17.9 Å². The molecule has 0 aromatic heterocycles. The molecule has 134 valence electrons. The fourth-order valence-electron chi connectivity index (χ4n) is 1.96. The van der Waals surface area contributed by atoms with Crippen LogP contribution in [-0.2, 0) is 12.7 Å². The molecule has 2 aromatic rings. The first-order chi connectivity index (χ1) is 11.7. The first kappa shape index (κ1) is 18.6. The third-order valence-electron chi connectivity index (χ3n) is 3.14. The quantitative estimate of drug-likeness (QED) is 0.801. The third-order valence-corrected chi connectivity index (χ3v) is 3.14. The van der Waals surface area contributed by atoms with Crippen molar-refractivity contribution < 1.29 is 35.9 Å². The Kier molecular flexibility index (Phi) is 5.55. The Morgan fingerprint density at radius 1 is 1.08 bits per heavy atom. The first-order valence-electron chi connectivity index (χ1n) is 6.85. The van der Waals surface area contributed by atoms with Crippen LogP contribution in [0.2, 0.25) is 0 Å². The molecule has 1 amide bonds. The summed E-state index contributed by atoms with van der Waals surface area (Å²) in [5.74, 6) is -2.38. The van der Waals surface area contributed by atoms with Crippen LogP contribution in [0.5, 0.6) is 5.75 Å². The lowest BCUT2D eigenvalue weighted by Gasteiger charge is -2.11. The Bertz CT molecular complexity index is 743. The molecular formula is C16H11F6NO2. The smallest absolute Gasteiger partial charge is 0.419 e. The van der Waals surface area contributed by atoms with Gasteiger partial charge in [-0.1, -0.05) is 12.1 Å². The molecule has 0 saturated heterocycles. The van der Waals surface area contributed by atoms with Crippen LogP contribution in [0.15, 0.2) is 42.5 Å². The van der Waals surface area contributed by atoms with Gasteiger partial charge in [0.1, 0.15) is 11.6 Å². The molecule has 0 radical (unpaired) electrons. The van der Waals surface area contributed by atoms with Gasteiger partial charge in [-0.2, -0.15) is 22.0 Å². The van der Waals surface area contributed by atoms with E-state index in [4.69, 9.17) is 0 Å². The zero-order valence-corrected chi connectivity index (χ0v) is 12.4. The highest BCUT2D eigenvalue weighted by atomic mass is 19.4. The summed E-state index contributed by atoms with van der Waals surface area (Å²) >= 11 is 0. The number of ether oxygens (including phenoxy) is 1. The number of nitrogens with one attached hydrogen (secondary N) is 1. The molecule has 1 N–H and O–H groups in total. The Balaban J connectivity index is 2.03. The lowest BCUT2D eigenvalue weighted by molar-refractivity contribution is -0.140. The topological polar surface area (TPSA) is 38.3 Å². The standard InChI is InChI=1S/C16H11F6NO2/c17-13-6-3-10(7-12(13)16(20,21)22)14(24)23-8-9-1-4-11(5-2-9)25-15(18)19/h1-7,15H,8H2,(H,23,24). The molecule has 2 rings (SSSR count). The maximum Gasteiger partial charge on any atom is 0.419 e. The molecule has 0 heterocycles. The van der Waals surface area contributed by atoms with Gasteiger partial charge in [0.2, 0.25) is 0 Å². The zero-order chi connectivity index (χ0) is 18.6. The van der Waals surface area contributed by atoms with Gasteiger partial charge in [0.25, 0.3) is 5.91 Å². The van der Waals surface area contributed by atoms with Crippen molar-refractivity contribution in [1.82, 2.24) is 5.32 Å². The molecule has 0 fully saturated rings. The van der Waals surface area contributed by atoms with Crippen molar-refractivity contribution in [3.63, 3.8) is 0 Å². The Labute approximate surface area is 138 Å². The second-order valence-electron chi connectivity index (χ2n) is 4.90. The fourth-order valence-corrected chi connectivity index (χ4v) is 1.96. The van der Waals surface area contributed by atoms with Gasteiger partial charge in [0.05, 0.1) is 5.56 Å². The summed E-state index contributed by atoms with van der Waals surface area (Å²) in [5.41, 5.74) is -1.38. The molecule has 9 heteroatoms. The number of carbonyl (C=O) groups is 1. The summed E-state index contributed by atoms with van der Waals surface area (Å²) in [6, 6.07) is 7.24. The van der Waals surface area contributed by atoms with Crippen molar-refractivity contribution in [2.24, 2.45) is 0 Å². The lowest BCUT2D eigenvalue weighted by Crippen LogP contribution is -2.23. The van der Waals surface area contributed by atoms with E-state index in [1.165, 1.54) is 24.3 Å². The minimum atomic E-state index is -4.92. The predicted octanol–water partition coefficient (Wildman–Crippen LogP) is 4.38. The molecule has 0 aliphatic heterocycles. The Hall–Kier alpha value is -2.71. The number of amides is 1. The van der Waals surface area contributed by atoms with Crippen molar-refractivity contribution in [2.75, 3.05) is 0 Å². The number of hydrogen-bond acceptors (Lipinski definition) is 2. The highest BCUT2D eigenvalue weighted by molar-refractivity contribution is 5.94. The van der Waals surface area contributed by atoms with E-state index in [0.29, 0.717) is 17.7 Å². The number of carbonyl (C=O) groups excluding carboxylic acids is 1. The Morgan fingerprint density at radius 3 is 2.28 bits per heavy atom. The number of hydrogen-bond donors (Lipinski definition) is 1. The second kappa shape index (κ2) is 7.45. The van der Waals surface area contributed by atoms with E-state index >= 15 is 0 Å². The number of alkyl halides is 5. The molecule has 2 aromatic carbocycles.